The number of carbonyl (C=O) groups is 3. The number of aromatic nitrogens is 2. The summed E-state index contributed by atoms with van der Waals surface area (Å²) in [5.41, 5.74) is 1.23. The standard InChI is InChI=1S/C20H16Cl2N4O3.C3H8O/c1-25(10-11-27)20(29)17-18(23-12-28)24-19(15-4-2-3-5-16(15)22)26(17)14-8-6-13(21)7-9-14;1-3-4-2/h2-9,11-12H,10H2,1H3,(H,23,28);3H2,1-2H3. The van der Waals surface area contributed by atoms with Gasteiger partial charge in [0.25, 0.3) is 5.91 Å². The number of benzene rings is 2. The van der Waals surface area contributed by atoms with E-state index in [2.05, 4.69) is 15.0 Å². The number of ether oxygens (including phenoxy) is 1. The molecule has 1 N–H and O–H groups in total. The molecule has 0 fully saturated rings. The molecule has 0 bridgehead atoms. The van der Waals surface area contributed by atoms with Gasteiger partial charge in [-0.2, -0.15) is 0 Å². The van der Waals surface area contributed by atoms with E-state index in [-0.39, 0.29) is 18.1 Å². The monoisotopic (exact) mass is 490 g/mol. The lowest BCUT2D eigenvalue weighted by Crippen LogP contribution is -2.30. The Morgan fingerprint density at radius 1 is 1.15 bits per heavy atom. The molecule has 2 aromatic carbocycles. The van der Waals surface area contributed by atoms with Crippen LogP contribution >= 0.6 is 23.2 Å². The molecule has 174 valence electrons. The zero-order valence-corrected chi connectivity index (χ0v) is 19.9. The molecule has 0 unspecified atom stereocenters. The van der Waals surface area contributed by atoms with Crippen LogP contribution in [0.2, 0.25) is 10.0 Å². The summed E-state index contributed by atoms with van der Waals surface area (Å²) >= 11 is 12.4. The Balaban J connectivity index is 0.000000890. The molecule has 0 aliphatic carbocycles. The number of rotatable bonds is 8. The number of nitrogens with one attached hydrogen (secondary N) is 1. The van der Waals surface area contributed by atoms with Gasteiger partial charge in [0, 0.05) is 37.0 Å². The van der Waals surface area contributed by atoms with Crippen molar-refractivity contribution in [2.45, 2.75) is 6.92 Å². The molecule has 2 amide bonds. The summed E-state index contributed by atoms with van der Waals surface area (Å²) in [6.45, 7) is 2.66. The Morgan fingerprint density at radius 2 is 1.79 bits per heavy atom. The normalized spacial score (nSPS) is 10.1. The number of likely N-dealkylation sites (N-methyl/N-ethyl adjacent to an activating group) is 1. The molecule has 0 aliphatic heterocycles. The summed E-state index contributed by atoms with van der Waals surface area (Å²) in [5, 5.41) is 3.41. The molecule has 1 aromatic heterocycles. The number of amides is 2. The minimum atomic E-state index is -0.498. The van der Waals surface area contributed by atoms with Crippen LogP contribution in [0, 0.1) is 0 Å². The fourth-order valence-electron chi connectivity index (χ4n) is 2.81. The fraction of sp³-hybridized carbons (Fsp3) is 0.217. The van der Waals surface area contributed by atoms with E-state index in [4.69, 9.17) is 23.2 Å². The number of imidazole rings is 1. The summed E-state index contributed by atoms with van der Waals surface area (Å²) in [7, 11) is 3.16. The first kappa shape index (κ1) is 26.1. The minimum absolute atomic E-state index is 0.0487. The Morgan fingerprint density at radius 3 is 2.33 bits per heavy atom. The van der Waals surface area contributed by atoms with Crippen molar-refractivity contribution in [2.24, 2.45) is 0 Å². The van der Waals surface area contributed by atoms with Crippen LogP contribution < -0.4 is 5.32 Å². The highest BCUT2D eigenvalue weighted by molar-refractivity contribution is 6.33. The third-order valence-corrected chi connectivity index (χ3v) is 5.04. The van der Waals surface area contributed by atoms with Crippen LogP contribution in [0.1, 0.15) is 17.4 Å². The van der Waals surface area contributed by atoms with E-state index in [9.17, 15) is 14.4 Å². The Kier molecular flexibility index (Phi) is 10.1. The Bertz CT molecular complexity index is 1100. The second-order valence-electron chi connectivity index (χ2n) is 6.62. The van der Waals surface area contributed by atoms with Gasteiger partial charge in [0.15, 0.2) is 11.5 Å². The highest BCUT2D eigenvalue weighted by Crippen LogP contribution is 2.34. The van der Waals surface area contributed by atoms with E-state index >= 15 is 0 Å². The van der Waals surface area contributed by atoms with Gasteiger partial charge < -0.3 is 19.7 Å². The predicted molar refractivity (Wildman–Crippen MR) is 129 cm³/mol. The molecule has 8 nitrogen and oxygen atoms in total. The number of nitrogens with zero attached hydrogens (tertiary/aromatic N) is 3. The van der Waals surface area contributed by atoms with Gasteiger partial charge in [-0.25, -0.2) is 4.98 Å². The lowest BCUT2D eigenvalue weighted by molar-refractivity contribution is -0.108. The largest absolute Gasteiger partial charge is 0.385 e. The zero-order chi connectivity index (χ0) is 24.4. The molecule has 0 radical (unpaired) electrons. The third kappa shape index (κ3) is 6.41. The van der Waals surface area contributed by atoms with Gasteiger partial charge in [0.1, 0.15) is 12.1 Å². The lowest BCUT2D eigenvalue weighted by atomic mass is 10.2. The SMILES string of the molecule is CCOC.CN(CC=O)C(=O)c1c(NC=O)nc(-c2ccccc2Cl)n1-c1ccc(Cl)cc1. The van der Waals surface area contributed by atoms with Gasteiger partial charge in [-0.3, -0.25) is 14.2 Å². The van der Waals surface area contributed by atoms with Crippen LogP contribution in [0.5, 0.6) is 0 Å². The number of aldehydes is 1. The molecule has 0 atom stereocenters. The lowest BCUT2D eigenvalue weighted by Gasteiger charge is -2.17. The maximum Gasteiger partial charge on any atom is 0.274 e. The molecule has 3 aromatic rings. The first-order chi connectivity index (χ1) is 15.9. The first-order valence-electron chi connectivity index (χ1n) is 9.91. The van der Waals surface area contributed by atoms with Gasteiger partial charge in [-0.05, 0) is 43.3 Å². The highest BCUT2D eigenvalue weighted by atomic mass is 35.5. The van der Waals surface area contributed by atoms with Crippen LogP contribution in [0.15, 0.2) is 48.5 Å². The van der Waals surface area contributed by atoms with Crippen molar-refractivity contribution >= 4 is 47.6 Å². The second-order valence-corrected chi connectivity index (χ2v) is 7.46. The maximum absolute atomic E-state index is 13.1. The zero-order valence-electron chi connectivity index (χ0n) is 18.4. The summed E-state index contributed by atoms with van der Waals surface area (Å²) in [6.07, 6.45) is 1.05. The van der Waals surface area contributed by atoms with Gasteiger partial charge in [0.05, 0.1) is 11.6 Å². The molecule has 3 rings (SSSR count). The number of halogens is 2. The number of hydrogen-bond donors (Lipinski definition) is 1. The summed E-state index contributed by atoms with van der Waals surface area (Å²) < 4.78 is 6.12. The molecule has 1 heterocycles. The molecule has 33 heavy (non-hydrogen) atoms. The van der Waals surface area contributed by atoms with Crippen LogP contribution in [0.3, 0.4) is 0 Å². The quantitative estimate of drug-likeness (QED) is 0.474. The Hall–Kier alpha value is -3.20. The molecular formula is C23H24Cl2N4O4. The van der Waals surface area contributed by atoms with Crippen molar-refractivity contribution in [1.29, 1.82) is 0 Å². The number of anilines is 1. The fourth-order valence-corrected chi connectivity index (χ4v) is 3.16. The van der Waals surface area contributed by atoms with Gasteiger partial charge in [-0.15, -0.1) is 0 Å². The maximum atomic E-state index is 13.1. The van der Waals surface area contributed by atoms with Crippen LogP contribution in [-0.4, -0.2) is 60.4 Å². The number of carbonyl (C=O) groups excluding carboxylic acids is 3. The van der Waals surface area contributed by atoms with E-state index in [1.807, 2.05) is 6.92 Å². The number of hydrogen-bond acceptors (Lipinski definition) is 5. The van der Waals surface area contributed by atoms with Gasteiger partial charge in [0.2, 0.25) is 6.41 Å². The first-order valence-corrected chi connectivity index (χ1v) is 10.7. The molecule has 0 saturated carbocycles. The molecule has 0 saturated heterocycles. The second kappa shape index (κ2) is 12.7. The summed E-state index contributed by atoms with van der Waals surface area (Å²) in [4.78, 5) is 40.9. The smallest absolute Gasteiger partial charge is 0.274 e. The summed E-state index contributed by atoms with van der Waals surface area (Å²) in [5.74, 6) is -0.0973. The van der Waals surface area contributed by atoms with Crippen molar-refractivity contribution in [1.82, 2.24) is 14.5 Å². The van der Waals surface area contributed by atoms with Crippen molar-refractivity contribution in [2.75, 3.05) is 32.6 Å². The van der Waals surface area contributed by atoms with E-state index in [0.29, 0.717) is 39.8 Å². The van der Waals surface area contributed by atoms with Crippen molar-refractivity contribution in [3.63, 3.8) is 0 Å². The Labute approximate surface area is 202 Å². The van der Waals surface area contributed by atoms with Crippen LogP contribution in [0.25, 0.3) is 17.1 Å². The van der Waals surface area contributed by atoms with Gasteiger partial charge in [-0.1, -0.05) is 35.3 Å². The molecule has 10 heteroatoms. The molecule has 0 aliphatic rings. The average molecular weight is 491 g/mol. The highest BCUT2D eigenvalue weighted by Gasteiger charge is 2.28. The summed E-state index contributed by atoms with van der Waals surface area (Å²) in [6, 6.07) is 13.8. The topological polar surface area (TPSA) is 93.5 Å². The van der Waals surface area contributed by atoms with Crippen molar-refractivity contribution in [3.05, 3.63) is 64.3 Å². The van der Waals surface area contributed by atoms with Gasteiger partial charge >= 0.3 is 0 Å². The van der Waals surface area contributed by atoms with Crippen molar-refractivity contribution < 1.29 is 19.1 Å². The number of methoxy groups -OCH3 is 1. The molecule has 0 spiro atoms. The van der Waals surface area contributed by atoms with E-state index in [1.54, 1.807) is 60.2 Å². The van der Waals surface area contributed by atoms with Crippen molar-refractivity contribution in [3.8, 4) is 17.1 Å². The average Bonchev–Trinajstić information content (AvgIpc) is 3.18. The van der Waals surface area contributed by atoms with Crippen LogP contribution in [-0.2, 0) is 14.3 Å². The van der Waals surface area contributed by atoms with E-state index in [0.717, 1.165) is 6.61 Å². The molecular weight excluding hydrogens is 467 g/mol. The minimum Gasteiger partial charge on any atom is -0.385 e. The van der Waals surface area contributed by atoms with E-state index < -0.39 is 5.91 Å². The van der Waals surface area contributed by atoms with Crippen LogP contribution in [0.4, 0.5) is 5.82 Å². The predicted octanol–water partition coefficient (Wildman–Crippen LogP) is 4.34. The third-order valence-electron chi connectivity index (χ3n) is 4.46. The van der Waals surface area contributed by atoms with E-state index in [1.165, 1.54) is 11.9 Å².